The van der Waals surface area contributed by atoms with Crippen molar-refractivity contribution in [2.75, 3.05) is 33.3 Å². The lowest BCUT2D eigenvalue weighted by atomic mass is 9.99. The molecule has 1 saturated heterocycles. The monoisotopic (exact) mass is 496 g/mol. The van der Waals surface area contributed by atoms with Gasteiger partial charge in [0.2, 0.25) is 11.8 Å². The Morgan fingerprint density at radius 2 is 1.69 bits per heavy atom. The number of nitrogens with zero attached hydrogens (tertiary/aromatic N) is 2. The van der Waals surface area contributed by atoms with Crippen LogP contribution in [0.1, 0.15) is 19.4 Å². The molecule has 1 aliphatic heterocycles. The Morgan fingerprint density at radius 3 is 2.31 bits per heavy atom. The number of amides is 2. The normalized spacial score (nSPS) is 14.7. The average Bonchev–Trinajstić information content (AvgIpc) is 3.21. The van der Waals surface area contributed by atoms with Crippen molar-refractivity contribution in [3.05, 3.63) is 58.8 Å². The molecule has 166 valence electrons. The third-order valence-electron chi connectivity index (χ3n) is 5.85. The fourth-order valence-electron chi connectivity index (χ4n) is 3.98. The molecular formula is C25H25BrN2O4. The van der Waals surface area contributed by atoms with Gasteiger partial charge in [-0.05, 0) is 36.3 Å². The number of furan rings is 1. The summed E-state index contributed by atoms with van der Waals surface area (Å²) in [5.41, 5.74) is 4.41. The van der Waals surface area contributed by atoms with Crippen LogP contribution in [0.15, 0.2) is 57.6 Å². The van der Waals surface area contributed by atoms with Gasteiger partial charge in [-0.1, -0.05) is 28.1 Å². The number of rotatable bonds is 4. The quantitative estimate of drug-likeness (QED) is 0.478. The van der Waals surface area contributed by atoms with Crippen LogP contribution in [0.25, 0.3) is 27.7 Å². The first-order chi connectivity index (χ1) is 15.4. The van der Waals surface area contributed by atoms with Crippen LogP contribution in [0, 0.1) is 0 Å². The Morgan fingerprint density at radius 1 is 1.03 bits per heavy atom. The largest absolute Gasteiger partial charge is 0.496 e. The minimum Gasteiger partial charge on any atom is -0.496 e. The van der Waals surface area contributed by atoms with E-state index < -0.39 is 0 Å². The first-order valence-corrected chi connectivity index (χ1v) is 11.2. The number of allylic oxidation sites excluding steroid dienone is 1. The van der Waals surface area contributed by atoms with E-state index in [4.69, 9.17) is 9.15 Å². The minimum atomic E-state index is -0.0619. The zero-order valence-corrected chi connectivity index (χ0v) is 19.9. The first-order valence-electron chi connectivity index (χ1n) is 10.5. The van der Waals surface area contributed by atoms with Gasteiger partial charge in [-0.3, -0.25) is 9.59 Å². The van der Waals surface area contributed by atoms with Gasteiger partial charge in [-0.25, -0.2) is 0 Å². The third-order valence-corrected chi connectivity index (χ3v) is 6.38. The Labute approximate surface area is 195 Å². The van der Waals surface area contributed by atoms with Crippen LogP contribution in [0.5, 0.6) is 5.75 Å². The Balaban J connectivity index is 1.65. The molecule has 1 fully saturated rings. The van der Waals surface area contributed by atoms with Crippen molar-refractivity contribution in [2.24, 2.45) is 0 Å². The molecular weight excluding hydrogens is 472 g/mol. The van der Waals surface area contributed by atoms with Gasteiger partial charge in [0.25, 0.3) is 0 Å². The molecule has 2 aromatic carbocycles. The van der Waals surface area contributed by atoms with E-state index in [-0.39, 0.29) is 11.8 Å². The second-order valence-electron chi connectivity index (χ2n) is 7.86. The lowest BCUT2D eigenvalue weighted by Gasteiger charge is -2.33. The standard InChI is InChI=1S/C25H25BrN2O4/c1-16(12-25(30)28-10-8-27(9-11-28)17(2)29)20-13-21-22(18-4-6-19(26)7-5-18)15-32-24(21)14-23(20)31-3/h4-7,12-15H,8-11H2,1-3H3/b16-12+. The maximum absolute atomic E-state index is 12.9. The van der Waals surface area contributed by atoms with Gasteiger partial charge in [-0.15, -0.1) is 0 Å². The number of hydrogen-bond donors (Lipinski definition) is 0. The van der Waals surface area contributed by atoms with Crippen molar-refractivity contribution in [3.63, 3.8) is 0 Å². The zero-order chi connectivity index (χ0) is 22.8. The van der Waals surface area contributed by atoms with Gasteiger partial charge < -0.3 is 19.0 Å². The highest BCUT2D eigenvalue weighted by Crippen LogP contribution is 2.37. The summed E-state index contributed by atoms with van der Waals surface area (Å²) in [6, 6.07) is 11.9. The average molecular weight is 497 g/mol. The number of piperazine rings is 1. The molecule has 0 spiro atoms. The van der Waals surface area contributed by atoms with Crippen LogP contribution in [0.4, 0.5) is 0 Å². The maximum atomic E-state index is 12.9. The van der Waals surface area contributed by atoms with Gasteiger partial charge in [0.05, 0.1) is 13.4 Å². The summed E-state index contributed by atoms with van der Waals surface area (Å²) in [6.07, 6.45) is 3.39. The number of halogens is 1. The van der Waals surface area contributed by atoms with E-state index in [1.165, 1.54) is 0 Å². The molecule has 0 saturated carbocycles. The fraction of sp³-hybridized carbons (Fsp3) is 0.280. The summed E-state index contributed by atoms with van der Waals surface area (Å²) in [6.45, 7) is 5.67. The van der Waals surface area contributed by atoms with Crippen LogP contribution < -0.4 is 4.74 Å². The molecule has 3 aromatic rings. The van der Waals surface area contributed by atoms with Gasteiger partial charge in [0, 0.05) is 66.2 Å². The molecule has 7 heteroatoms. The highest BCUT2D eigenvalue weighted by Gasteiger charge is 2.22. The molecule has 4 rings (SSSR count). The molecule has 0 bridgehead atoms. The highest BCUT2D eigenvalue weighted by molar-refractivity contribution is 9.10. The Bertz CT molecular complexity index is 1190. The second-order valence-corrected chi connectivity index (χ2v) is 8.78. The predicted octanol–water partition coefficient (Wildman–Crippen LogP) is 4.96. The molecule has 2 amide bonds. The molecule has 1 aliphatic rings. The van der Waals surface area contributed by atoms with E-state index in [0.717, 1.165) is 37.7 Å². The first kappa shape index (κ1) is 22.1. The smallest absolute Gasteiger partial charge is 0.246 e. The third kappa shape index (κ3) is 4.43. The van der Waals surface area contributed by atoms with Gasteiger partial charge in [0.15, 0.2) is 0 Å². The number of ether oxygens (including phenoxy) is 1. The second kappa shape index (κ2) is 9.20. The van der Waals surface area contributed by atoms with E-state index in [9.17, 15) is 9.59 Å². The van der Waals surface area contributed by atoms with E-state index in [1.807, 2.05) is 43.3 Å². The molecule has 32 heavy (non-hydrogen) atoms. The molecule has 2 heterocycles. The lowest BCUT2D eigenvalue weighted by molar-refractivity contribution is -0.135. The van der Waals surface area contributed by atoms with E-state index in [2.05, 4.69) is 15.9 Å². The van der Waals surface area contributed by atoms with Crippen molar-refractivity contribution in [1.82, 2.24) is 9.80 Å². The van der Waals surface area contributed by atoms with E-state index in [1.54, 1.807) is 36.2 Å². The van der Waals surface area contributed by atoms with Gasteiger partial charge in [0.1, 0.15) is 11.3 Å². The summed E-state index contributed by atoms with van der Waals surface area (Å²) in [5.74, 6) is 0.633. The molecule has 1 aromatic heterocycles. The summed E-state index contributed by atoms with van der Waals surface area (Å²) in [5, 5.41) is 0.957. The fourth-order valence-corrected chi connectivity index (χ4v) is 4.25. The van der Waals surface area contributed by atoms with Crippen molar-refractivity contribution >= 4 is 44.3 Å². The molecule has 0 radical (unpaired) electrons. The Hall–Kier alpha value is -3.06. The summed E-state index contributed by atoms with van der Waals surface area (Å²) >= 11 is 3.47. The van der Waals surface area contributed by atoms with Crippen molar-refractivity contribution in [1.29, 1.82) is 0 Å². The summed E-state index contributed by atoms with van der Waals surface area (Å²) in [4.78, 5) is 27.9. The molecule has 0 aliphatic carbocycles. The van der Waals surface area contributed by atoms with Crippen molar-refractivity contribution in [2.45, 2.75) is 13.8 Å². The maximum Gasteiger partial charge on any atom is 0.246 e. The number of fused-ring (bicyclic) bond motifs is 1. The highest BCUT2D eigenvalue weighted by atomic mass is 79.9. The molecule has 0 N–H and O–H groups in total. The van der Waals surface area contributed by atoms with Gasteiger partial charge in [-0.2, -0.15) is 0 Å². The van der Waals surface area contributed by atoms with Crippen molar-refractivity contribution in [3.8, 4) is 16.9 Å². The number of hydrogen-bond acceptors (Lipinski definition) is 4. The molecule has 6 nitrogen and oxygen atoms in total. The van der Waals surface area contributed by atoms with Crippen LogP contribution in [0.2, 0.25) is 0 Å². The van der Waals surface area contributed by atoms with E-state index >= 15 is 0 Å². The number of carbonyl (C=O) groups excluding carboxylic acids is 2. The zero-order valence-electron chi connectivity index (χ0n) is 18.4. The predicted molar refractivity (Wildman–Crippen MR) is 128 cm³/mol. The Kier molecular flexibility index (Phi) is 6.37. The summed E-state index contributed by atoms with van der Waals surface area (Å²) in [7, 11) is 1.61. The number of benzene rings is 2. The lowest BCUT2D eigenvalue weighted by Crippen LogP contribution is -2.49. The van der Waals surface area contributed by atoms with Crippen LogP contribution in [-0.2, 0) is 9.59 Å². The van der Waals surface area contributed by atoms with Crippen LogP contribution in [0.3, 0.4) is 0 Å². The summed E-state index contributed by atoms with van der Waals surface area (Å²) < 4.78 is 12.4. The number of methoxy groups -OCH3 is 1. The number of carbonyl (C=O) groups is 2. The van der Waals surface area contributed by atoms with Crippen molar-refractivity contribution < 1.29 is 18.7 Å². The topological polar surface area (TPSA) is 63.0 Å². The van der Waals surface area contributed by atoms with Crippen LogP contribution >= 0.6 is 15.9 Å². The van der Waals surface area contributed by atoms with E-state index in [0.29, 0.717) is 31.9 Å². The SMILES string of the molecule is COc1cc2occ(-c3ccc(Br)cc3)c2cc1/C(C)=C/C(=O)N1CCN(C(C)=O)CC1. The van der Waals surface area contributed by atoms with Gasteiger partial charge >= 0.3 is 0 Å². The molecule has 0 atom stereocenters. The van der Waals surface area contributed by atoms with Crippen LogP contribution in [-0.4, -0.2) is 54.9 Å². The molecule has 0 unspecified atom stereocenters. The minimum absolute atomic E-state index is 0.0450.